The predicted octanol–water partition coefficient (Wildman–Crippen LogP) is 1.41. The van der Waals surface area contributed by atoms with E-state index in [1.165, 1.54) is 11.8 Å². The van der Waals surface area contributed by atoms with Crippen LogP contribution in [-0.4, -0.2) is 15.2 Å². The molecule has 1 rings (SSSR count). The number of imidazole rings is 1. The molecule has 0 aliphatic heterocycles. The summed E-state index contributed by atoms with van der Waals surface area (Å²) in [5, 5.41) is 9.19. The van der Waals surface area contributed by atoms with Gasteiger partial charge in [-0.25, -0.2) is 4.98 Å². The van der Waals surface area contributed by atoms with Gasteiger partial charge in [0.2, 0.25) is 0 Å². The number of thioether (sulfide) groups is 1. The summed E-state index contributed by atoms with van der Waals surface area (Å²) in [4.78, 5) is 6.86. The van der Waals surface area contributed by atoms with Crippen LogP contribution in [0, 0.1) is 11.3 Å². The number of nitrogens with one attached hydrogen (secondary N) is 1. The number of H-pyrrole nitrogens is 1. The van der Waals surface area contributed by atoms with Crippen molar-refractivity contribution in [3.8, 4) is 6.07 Å². The lowest BCUT2D eigenvalue weighted by Gasteiger charge is -1.95. The zero-order chi connectivity index (χ0) is 7.40. The Balaban J connectivity index is 2.50. The van der Waals surface area contributed by atoms with Gasteiger partial charge in [-0.3, -0.25) is 0 Å². The molecule has 0 aromatic carbocycles. The third-order valence-electron chi connectivity index (χ3n) is 0.943. The van der Waals surface area contributed by atoms with Gasteiger partial charge < -0.3 is 4.98 Å². The minimum atomic E-state index is -0.0360. The second kappa shape index (κ2) is 3.28. The summed E-state index contributed by atoms with van der Waals surface area (Å²) >= 11 is 1.42. The first kappa shape index (κ1) is 7.16. The third-order valence-corrected chi connectivity index (χ3v) is 1.85. The second-order valence-electron chi connectivity index (χ2n) is 1.78. The highest BCUT2D eigenvalue weighted by atomic mass is 32.2. The maximum absolute atomic E-state index is 8.42. The standard InChI is InChI=1S/C6H7N3S/c1-5(4-7)10-6-8-2-3-9-6/h2-3,5H,1H3,(H,8,9). The van der Waals surface area contributed by atoms with Crippen LogP contribution in [0.25, 0.3) is 0 Å². The van der Waals surface area contributed by atoms with E-state index < -0.39 is 0 Å². The molecule has 0 amide bonds. The fraction of sp³-hybridized carbons (Fsp3) is 0.333. The van der Waals surface area contributed by atoms with Crippen LogP contribution < -0.4 is 0 Å². The van der Waals surface area contributed by atoms with Gasteiger partial charge in [-0.2, -0.15) is 5.26 Å². The van der Waals surface area contributed by atoms with E-state index in [1.54, 1.807) is 12.4 Å². The van der Waals surface area contributed by atoms with Gasteiger partial charge in [0.25, 0.3) is 0 Å². The van der Waals surface area contributed by atoms with Gasteiger partial charge in [-0.05, 0) is 6.92 Å². The number of rotatable bonds is 2. The lowest BCUT2D eigenvalue weighted by molar-refractivity contribution is 1.05. The average molecular weight is 153 g/mol. The van der Waals surface area contributed by atoms with Gasteiger partial charge in [0, 0.05) is 12.4 Å². The zero-order valence-corrected chi connectivity index (χ0v) is 6.35. The molecule has 0 radical (unpaired) electrons. The quantitative estimate of drug-likeness (QED) is 0.653. The Hall–Kier alpha value is -0.950. The number of aromatic amines is 1. The van der Waals surface area contributed by atoms with E-state index in [-0.39, 0.29) is 5.25 Å². The Morgan fingerprint density at radius 2 is 2.70 bits per heavy atom. The van der Waals surface area contributed by atoms with Gasteiger partial charge in [-0.1, -0.05) is 11.8 Å². The van der Waals surface area contributed by atoms with Crippen molar-refractivity contribution in [1.29, 1.82) is 5.26 Å². The van der Waals surface area contributed by atoms with Crippen molar-refractivity contribution in [2.45, 2.75) is 17.3 Å². The van der Waals surface area contributed by atoms with Gasteiger partial charge in [0.1, 0.15) is 0 Å². The van der Waals surface area contributed by atoms with Gasteiger partial charge in [0.15, 0.2) is 5.16 Å². The van der Waals surface area contributed by atoms with E-state index in [0.29, 0.717) is 0 Å². The molecular weight excluding hydrogens is 146 g/mol. The van der Waals surface area contributed by atoms with Crippen LogP contribution in [0.5, 0.6) is 0 Å². The first-order chi connectivity index (χ1) is 4.83. The smallest absolute Gasteiger partial charge is 0.166 e. The molecule has 0 spiro atoms. The van der Waals surface area contributed by atoms with Gasteiger partial charge >= 0.3 is 0 Å². The van der Waals surface area contributed by atoms with Crippen molar-refractivity contribution in [3.05, 3.63) is 12.4 Å². The van der Waals surface area contributed by atoms with Crippen LogP contribution in [0.3, 0.4) is 0 Å². The maximum atomic E-state index is 8.42. The third kappa shape index (κ3) is 1.78. The van der Waals surface area contributed by atoms with E-state index in [9.17, 15) is 0 Å². The summed E-state index contributed by atoms with van der Waals surface area (Å²) in [5.41, 5.74) is 0. The van der Waals surface area contributed by atoms with Crippen molar-refractivity contribution >= 4 is 11.8 Å². The number of nitriles is 1. The highest BCUT2D eigenvalue weighted by Crippen LogP contribution is 2.16. The number of hydrogen-bond donors (Lipinski definition) is 1. The number of aromatic nitrogens is 2. The van der Waals surface area contributed by atoms with E-state index >= 15 is 0 Å². The van der Waals surface area contributed by atoms with Crippen LogP contribution in [0.15, 0.2) is 17.6 Å². The Morgan fingerprint density at radius 3 is 3.20 bits per heavy atom. The molecule has 0 bridgehead atoms. The Labute approximate surface area is 63.5 Å². The van der Waals surface area contributed by atoms with Crippen molar-refractivity contribution in [1.82, 2.24) is 9.97 Å². The first-order valence-corrected chi connectivity index (χ1v) is 3.76. The van der Waals surface area contributed by atoms with Crippen LogP contribution in [-0.2, 0) is 0 Å². The molecule has 10 heavy (non-hydrogen) atoms. The zero-order valence-electron chi connectivity index (χ0n) is 5.53. The fourth-order valence-corrected chi connectivity index (χ4v) is 1.15. The molecule has 4 heteroatoms. The molecule has 0 aliphatic rings. The largest absolute Gasteiger partial charge is 0.340 e. The van der Waals surface area contributed by atoms with Crippen molar-refractivity contribution in [3.63, 3.8) is 0 Å². The second-order valence-corrected chi connectivity index (χ2v) is 3.11. The van der Waals surface area contributed by atoms with E-state index in [1.807, 2.05) is 6.92 Å². The van der Waals surface area contributed by atoms with Gasteiger partial charge in [0.05, 0.1) is 11.3 Å². The molecule has 1 atom stereocenters. The van der Waals surface area contributed by atoms with Crippen LogP contribution in [0.4, 0.5) is 0 Å². The normalized spacial score (nSPS) is 12.4. The molecule has 1 N–H and O–H groups in total. The minimum Gasteiger partial charge on any atom is -0.340 e. The predicted molar refractivity (Wildman–Crippen MR) is 39.5 cm³/mol. The Kier molecular flexibility index (Phi) is 2.35. The number of hydrogen-bond acceptors (Lipinski definition) is 3. The van der Waals surface area contributed by atoms with Crippen LogP contribution in [0.2, 0.25) is 0 Å². The highest BCUT2D eigenvalue weighted by molar-refractivity contribution is 7.99. The monoisotopic (exact) mass is 153 g/mol. The molecular formula is C6H7N3S. The lowest BCUT2D eigenvalue weighted by Crippen LogP contribution is -1.89. The first-order valence-electron chi connectivity index (χ1n) is 2.88. The number of nitrogens with zero attached hydrogens (tertiary/aromatic N) is 2. The molecule has 3 nitrogen and oxygen atoms in total. The SMILES string of the molecule is CC(C#N)Sc1ncc[nH]1. The Morgan fingerprint density at radius 1 is 1.90 bits per heavy atom. The molecule has 0 aliphatic carbocycles. The van der Waals surface area contributed by atoms with E-state index in [2.05, 4.69) is 16.0 Å². The average Bonchev–Trinajstić information content (AvgIpc) is 2.40. The molecule has 52 valence electrons. The highest BCUT2D eigenvalue weighted by Gasteiger charge is 2.02. The molecule has 1 aromatic rings. The van der Waals surface area contributed by atoms with Crippen LogP contribution >= 0.6 is 11.8 Å². The fourth-order valence-electron chi connectivity index (χ4n) is 0.509. The summed E-state index contributed by atoms with van der Waals surface area (Å²) in [6.45, 7) is 1.84. The van der Waals surface area contributed by atoms with Crippen molar-refractivity contribution < 1.29 is 0 Å². The molecule has 1 unspecified atom stereocenters. The molecule has 0 fully saturated rings. The summed E-state index contributed by atoms with van der Waals surface area (Å²) in [6, 6.07) is 2.11. The minimum absolute atomic E-state index is 0.0360. The van der Waals surface area contributed by atoms with Gasteiger partial charge in [-0.15, -0.1) is 0 Å². The van der Waals surface area contributed by atoms with Crippen molar-refractivity contribution in [2.75, 3.05) is 0 Å². The summed E-state index contributed by atoms with van der Waals surface area (Å²) in [7, 11) is 0. The summed E-state index contributed by atoms with van der Waals surface area (Å²) in [6.07, 6.45) is 3.42. The molecule has 1 heterocycles. The maximum Gasteiger partial charge on any atom is 0.166 e. The topological polar surface area (TPSA) is 52.5 Å². The molecule has 1 aromatic heterocycles. The van der Waals surface area contributed by atoms with E-state index in [0.717, 1.165) is 5.16 Å². The molecule has 0 saturated heterocycles. The molecule has 0 saturated carbocycles. The van der Waals surface area contributed by atoms with Crippen molar-refractivity contribution in [2.24, 2.45) is 0 Å². The summed E-state index contributed by atoms with van der Waals surface area (Å²) in [5.74, 6) is 0. The lowest BCUT2D eigenvalue weighted by atomic mass is 10.5. The Bertz CT molecular complexity index is 224. The van der Waals surface area contributed by atoms with Crippen LogP contribution in [0.1, 0.15) is 6.92 Å². The summed E-state index contributed by atoms with van der Waals surface area (Å²) < 4.78 is 0. The van der Waals surface area contributed by atoms with E-state index in [4.69, 9.17) is 5.26 Å².